The van der Waals surface area contributed by atoms with Crippen LogP contribution in [0.4, 0.5) is 5.13 Å². The number of thiazole rings is 1. The number of carbonyl (C=O) groups excluding carboxylic acids is 1. The lowest BCUT2D eigenvalue weighted by Crippen LogP contribution is -2.22. The van der Waals surface area contributed by atoms with Crippen molar-refractivity contribution in [3.63, 3.8) is 0 Å². The van der Waals surface area contributed by atoms with Crippen molar-refractivity contribution >= 4 is 22.4 Å². The number of carbonyl (C=O) groups is 1. The Kier molecular flexibility index (Phi) is 3.27. The fourth-order valence-corrected chi connectivity index (χ4v) is 5.21. The third-order valence-corrected chi connectivity index (χ3v) is 6.19. The number of anilines is 1. The highest BCUT2D eigenvalue weighted by Crippen LogP contribution is 2.49. The summed E-state index contributed by atoms with van der Waals surface area (Å²) in [7, 11) is 0. The number of hydrogen-bond acceptors (Lipinski definition) is 4. The average molecular weight is 291 g/mol. The monoisotopic (exact) mass is 291 g/mol. The van der Waals surface area contributed by atoms with E-state index in [1.54, 1.807) is 11.3 Å². The molecule has 0 aromatic carbocycles. The van der Waals surface area contributed by atoms with Gasteiger partial charge in [-0.25, -0.2) is 4.98 Å². The number of amides is 1. The second kappa shape index (κ2) is 5.11. The third-order valence-electron chi connectivity index (χ3n) is 5.18. The van der Waals surface area contributed by atoms with Gasteiger partial charge in [0.2, 0.25) is 5.91 Å². The largest absolute Gasteiger partial charge is 0.311 e. The zero-order valence-electron chi connectivity index (χ0n) is 11.7. The van der Waals surface area contributed by atoms with E-state index in [0.29, 0.717) is 12.3 Å². The predicted octanol–water partition coefficient (Wildman–Crippen LogP) is 2.55. The Balaban J connectivity index is 1.36. The number of aromatic nitrogens is 1. The Morgan fingerprint density at radius 2 is 2.35 bits per heavy atom. The van der Waals surface area contributed by atoms with Crippen molar-refractivity contribution in [2.75, 3.05) is 11.9 Å². The molecule has 3 aliphatic rings. The second-order valence-electron chi connectivity index (χ2n) is 6.50. The molecule has 20 heavy (non-hydrogen) atoms. The maximum absolute atomic E-state index is 12.2. The highest BCUT2D eigenvalue weighted by Gasteiger charge is 2.40. The Hall–Kier alpha value is -0.940. The second-order valence-corrected chi connectivity index (χ2v) is 7.59. The maximum atomic E-state index is 12.2. The van der Waals surface area contributed by atoms with Crippen LogP contribution in [-0.4, -0.2) is 17.4 Å². The van der Waals surface area contributed by atoms with Gasteiger partial charge in [-0.2, -0.15) is 0 Å². The molecule has 2 heterocycles. The molecule has 2 N–H and O–H groups in total. The molecule has 2 fully saturated rings. The van der Waals surface area contributed by atoms with Crippen LogP contribution in [0.3, 0.4) is 0 Å². The minimum Gasteiger partial charge on any atom is -0.311 e. The number of hydrogen-bond donors (Lipinski definition) is 2. The van der Waals surface area contributed by atoms with Gasteiger partial charge in [0.05, 0.1) is 5.69 Å². The molecule has 2 aliphatic carbocycles. The van der Waals surface area contributed by atoms with Crippen LogP contribution in [0.1, 0.15) is 42.7 Å². The van der Waals surface area contributed by atoms with Gasteiger partial charge in [0.25, 0.3) is 0 Å². The van der Waals surface area contributed by atoms with Crippen molar-refractivity contribution in [2.45, 2.75) is 45.1 Å². The third kappa shape index (κ3) is 2.37. The molecule has 4 nitrogen and oxygen atoms in total. The molecule has 0 radical (unpaired) electrons. The molecule has 5 heteroatoms. The maximum Gasteiger partial charge on any atom is 0.226 e. The van der Waals surface area contributed by atoms with Crippen LogP contribution in [0.15, 0.2) is 0 Å². The van der Waals surface area contributed by atoms with Crippen LogP contribution in [0, 0.1) is 17.8 Å². The number of fused-ring (bicyclic) bond motifs is 3. The fraction of sp³-hybridized carbons (Fsp3) is 0.733. The molecular weight excluding hydrogens is 270 g/mol. The SMILES string of the molecule is O=C(CC1CC2CCC1C2)Nc1nc2c(s1)CNCC2. The Morgan fingerprint density at radius 1 is 1.40 bits per heavy atom. The van der Waals surface area contributed by atoms with E-state index in [1.165, 1.54) is 36.3 Å². The minimum atomic E-state index is 0.168. The first-order valence-electron chi connectivity index (χ1n) is 7.77. The molecule has 1 aliphatic heterocycles. The Labute approximate surface area is 123 Å². The van der Waals surface area contributed by atoms with Gasteiger partial charge in [-0.15, -0.1) is 11.3 Å². The van der Waals surface area contributed by atoms with Gasteiger partial charge in [0.15, 0.2) is 5.13 Å². The van der Waals surface area contributed by atoms with E-state index in [-0.39, 0.29) is 5.91 Å². The Bertz CT molecular complexity index is 504. The number of nitrogens with zero attached hydrogens (tertiary/aromatic N) is 1. The first-order valence-corrected chi connectivity index (χ1v) is 8.58. The van der Waals surface area contributed by atoms with Crippen LogP contribution in [0.25, 0.3) is 0 Å². The van der Waals surface area contributed by atoms with Gasteiger partial charge in [-0.3, -0.25) is 4.79 Å². The topological polar surface area (TPSA) is 54.0 Å². The van der Waals surface area contributed by atoms with E-state index in [4.69, 9.17) is 0 Å². The lowest BCUT2D eigenvalue weighted by atomic mass is 9.86. The van der Waals surface area contributed by atoms with Crippen molar-refractivity contribution in [1.29, 1.82) is 0 Å². The molecule has 3 unspecified atom stereocenters. The van der Waals surface area contributed by atoms with Crippen LogP contribution >= 0.6 is 11.3 Å². The standard InChI is InChI=1S/C15H21N3OS/c19-14(7-11-6-9-1-2-10(11)5-9)18-15-17-12-3-4-16-8-13(12)20-15/h9-11,16H,1-8H2,(H,17,18,19). The fourth-order valence-electron chi connectivity index (χ4n) is 4.21. The average Bonchev–Trinajstić information content (AvgIpc) is 3.11. The van der Waals surface area contributed by atoms with Crippen LogP contribution in [0.5, 0.6) is 0 Å². The summed E-state index contributed by atoms with van der Waals surface area (Å²) in [6.07, 6.45) is 7.07. The van der Waals surface area contributed by atoms with Gasteiger partial charge in [0, 0.05) is 30.8 Å². The molecule has 2 saturated carbocycles. The summed E-state index contributed by atoms with van der Waals surface area (Å²) in [6, 6.07) is 0. The molecular formula is C15H21N3OS. The summed E-state index contributed by atoms with van der Waals surface area (Å²) in [5, 5.41) is 7.17. The van der Waals surface area contributed by atoms with Gasteiger partial charge in [0.1, 0.15) is 0 Å². The van der Waals surface area contributed by atoms with Gasteiger partial charge in [-0.05, 0) is 37.0 Å². The minimum absolute atomic E-state index is 0.168. The number of rotatable bonds is 3. The van der Waals surface area contributed by atoms with Crippen LogP contribution in [-0.2, 0) is 17.8 Å². The lowest BCUT2D eigenvalue weighted by Gasteiger charge is -2.20. The summed E-state index contributed by atoms with van der Waals surface area (Å²) in [5.41, 5.74) is 1.17. The van der Waals surface area contributed by atoms with Crippen molar-refractivity contribution in [3.05, 3.63) is 10.6 Å². The molecule has 3 atom stereocenters. The molecule has 0 saturated heterocycles. The van der Waals surface area contributed by atoms with Crippen molar-refractivity contribution < 1.29 is 4.79 Å². The zero-order chi connectivity index (χ0) is 13.5. The molecule has 1 amide bonds. The van der Waals surface area contributed by atoms with Gasteiger partial charge in [-0.1, -0.05) is 6.42 Å². The normalized spacial score (nSPS) is 31.3. The molecule has 2 bridgehead atoms. The van der Waals surface area contributed by atoms with Crippen molar-refractivity contribution in [2.24, 2.45) is 17.8 Å². The van der Waals surface area contributed by atoms with E-state index < -0.39 is 0 Å². The summed E-state index contributed by atoms with van der Waals surface area (Å²) in [5.74, 6) is 2.53. The summed E-state index contributed by atoms with van der Waals surface area (Å²) < 4.78 is 0. The first kappa shape index (κ1) is 12.8. The molecule has 0 spiro atoms. The first-order chi connectivity index (χ1) is 9.78. The van der Waals surface area contributed by atoms with E-state index >= 15 is 0 Å². The van der Waals surface area contributed by atoms with Crippen molar-refractivity contribution in [3.8, 4) is 0 Å². The number of nitrogens with one attached hydrogen (secondary N) is 2. The van der Waals surface area contributed by atoms with Gasteiger partial charge >= 0.3 is 0 Å². The van der Waals surface area contributed by atoms with E-state index in [1.807, 2.05) is 0 Å². The smallest absolute Gasteiger partial charge is 0.226 e. The lowest BCUT2D eigenvalue weighted by molar-refractivity contribution is -0.117. The Morgan fingerprint density at radius 3 is 3.10 bits per heavy atom. The van der Waals surface area contributed by atoms with E-state index in [9.17, 15) is 4.79 Å². The molecule has 4 rings (SSSR count). The predicted molar refractivity (Wildman–Crippen MR) is 79.7 cm³/mol. The van der Waals surface area contributed by atoms with Crippen LogP contribution < -0.4 is 10.6 Å². The molecule has 1 aromatic heterocycles. The summed E-state index contributed by atoms with van der Waals surface area (Å²) in [4.78, 5) is 18.0. The highest BCUT2D eigenvalue weighted by molar-refractivity contribution is 7.15. The zero-order valence-corrected chi connectivity index (χ0v) is 12.5. The van der Waals surface area contributed by atoms with E-state index in [2.05, 4.69) is 15.6 Å². The quantitative estimate of drug-likeness (QED) is 0.900. The highest BCUT2D eigenvalue weighted by atomic mass is 32.1. The van der Waals surface area contributed by atoms with Gasteiger partial charge < -0.3 is 10.6 Å². The van der Waals surface area contributed by atoms with Crippen molar-refractivity contribution in [1.82, 2.24) is 10.3 Å². The molecule has 108 valence electrons. The molecule has 1 aromatic rings. The summed E-state index contributed by atoms with van der Waals surface area (Å²) in [6.45, 7) is 1.89. The van der Waals surface area contributed by atoms with E-state index in [0.717, 1.165) is 36.5 Å². The summed E-state index contributed by atoms with van der Waals surface area (Å²) >= 11 is 1.63. The van der Waals surface area contributed by atoms with Crippen LogP contribution in [0.2, 0.25) is 0 Å².